The lowest BCUT2D eigenvalue weighted by Gasteiger charge is -2.33. The molecule has 4 nitrogen and oxygen atoms in total. The molecule has 1 aliphatic carbocycles. The summed E-state index contributed by atoms with van der Waals surface area (Å²) in [5, 5.41) is 2.91. The van der Waals surface area contributed by atoms with Gasteiger partial charge in [0.25, 0.3) is 0 Å². The van der Waals surface area contributed by atoms with Gasteiger partial charge < -0.3 is 5.32 Å². The molecule has 0 spiro atoms. The van der Waals surface area contributed by atoms with Crippen LogP contribution in [0, 0.1) is 11.7 Å². The van der Waals surface area contributed by atoms with Crippen molar-refractivity contribution in [3.8, 4) is 0 Å². The Labute approximate surface area is 119 Å². The Morgan fingerprint density at radius 2 is 2.15 bits per heavy atom. The van der Waals surface area contributed by atoms with E-state index in [4.69, 9.17) is 0 Å². The van der Waals surface area contributed by atoms with Crippen LogP contribution in [0.15, 0.2) is 18.5 Å². The lowest BCUT2D eigenvalue weighted by atomic mass is 9.81. The molecule has 3 unspecified atom stereocenters. The summed E-state index contributed by atoms with van der Waals surface area (Å²) >= 11 is 0. The van der Waals surface area contributed by atoms with Crippen LogP contribution < -0.4 is 5.32 Å². The maximum absolute atomic E-state index is 13.3. The lowest BCUT2D eigenvalue weighted by molar-refractivity contribution is 0.282. The van der Waals surface area contributed by atoms with Crippen LogP contribution >= 0.6 is 0 Å². The second-order valence-corrected chi connectivity index (χ2v) is 7.91. The standard InChI is InChI=1S/C14H21FN2O2S/c1-16-14(11-6-12(15)9-17-8-11)10-4-3-5-13(7-10)20(2,18)19/h6,8-10,13-14,16H,3-5,7H2,1-2H3. The summed E-state index contributed by atoms with van der Waals surface area (Å²) in [6.45, 7) is 0. The fourth-order valence-corrected chi connectivity index (χ4v) is 4.34. The number of rotatable bonds is 4. The zero-order chi connectivity index (χ0) is 14.8. The van der Waals surface area contributed by atoms with E-state index in [1.807, 2.05) is 7.05 Å². The molecule has 0 amide bonds. The molecule has 112 valence electrons. The maximum atomic E-state index is 13.3. The van der Waals surface area contributed by atoms with Crippen LogP contribution in [0.2, 0.25) is 0 Å². The molecule has 0 bridgehead atoms. The van der Waals surface area contributed by atoms with E-state index in [-0.39, 0.29) is 23.0 Å². The summed E-state index contributed by atoms with van der Waals surface area (Å²) < 4.78 is 36.8. The van der Waals surface area contributed by atoms with Crippen molar-refractivity contribution in [3.05, 3.63) is 29.8 Å². The third-order valence-electron chi connectivity index (χ3n) is 4.14. The first kappa shape index (κ1) is 15.4. The predicted octanol–water partition coefficient (Wildman–Crippen LogP) is 2.08. The van der Waals surface area contributed by atoms with Gasteiger partial charge in [-0.25, -0.2) is 12.8 Å². The first-order valence-corrected chi connectivity index (χ1v) is 8.84. The van der Waals surface area contributed by atoms with Gasteiger partial charge in [-0.1, -0.05) is 6.42 Å². The van der Waals surface area contributed by atoms with Crippen LogP contribution in [0.5, 0.6) is 0 Å². The van der Waals surface area contributed by atoms with E-state index in [1.165, 1.54) is 18.5 Å². The van der Waals surface area contributed by atoms with Gasteiger partial charge in [-0.15, -0.1) is 0 Å². The molecule has 0 aliphatic heterocycles. The zero-order valence-electron chi connectivity index (χ0n) is 11.8. The average molecular weight is 300 g/mol. The minimum atomic E-state index is -3.01. The second kappa shape index (κ2) is 6.18. The molecule has 1 saturated carbocycles. The predicted molar refractivity (Wildman–Crippen MR) is 76.6 cm³/mol. The smallest absolute Gasteiger partial charge is 0.150 e. The van der Waals surface area contributed by atoms with Crippen molar-refractivity contribution in [1.82, 2.24) is 10.3 Å². The van der Waals surface area contributed by atoms with E-state index in [0.29, 0.717) is 6.42 Å². The van der Waals surface area contributed by atoms with E-state index >= 15 is 0 Å². The second-order valence-electron chi connectivity index (χ2n) is 5.58. The summed E-state index contributed by atoms with van der Waals surface area (Å²) in [6, 6.07) is 1.42. The van der Waals surface area contributed by atoms with Gasteiger partial charge in [-0.2, -0.15) is 0 Å². The summed E-state index contributed by atoms with van der Waals surface area (Å²) in [7, 11) is -1.19. The fourth-order valence-electron chi connectivity index (χ4n) is 3.15. The first-order valence-electron chi connectivity index (χ1n) is 6.88. The van der Waals surface area contributed by atoms with Crippen molar-refractivity contribution in [2.24, 2.45) is 5.92 Å². The van der Waals surface area contributed by atoms with E-state index in [1.54, 1.807) is 6.20 Å². The summed E-state index contributed by atoms with van der Waals surface area (Å²) in [6.07, 6.45) is 7.33. The van der Waals surface area contributed by atoms with E-state index in [2.05, 4.69) is 10.3 Å². The number of aromatic nitrogens is 1. The third kappa shape index (κ3) is 3.55. The average Bonchev–Trinajstić information content (AvgIpc) is 2.39. The van der Waals surface area contributed by atoms with E-state index in [9.17, 15) is 12.8 Å². The highest BCUT2D eigenvalue weighted by Crippen LogP contribution is 2.36. The van der Waals surface area contributed by atoms with Crippen LogP contribution in [0.1, 0.15) is 37.3 Å². The summed E-state index contributed by atoms with van der Waals surface area (Å²) in [5.41, 5.74) is 0.784. The van der Waals surface area contributed by atoms with Gasteiger partial charge in [-0.05, 0) is 43.9 Å². The van der Waals surface area contributed by atoms with Crippen LogP contribution in [-0.4, -0.2) is 32.0 Å². The van der Waals surface area contributed by atoms with E-state index in [0.717, 1.165) is 24.8 Å². The Kier molecular flexibility index (Phi) is 4.75. The van der Waals surface area contributed by atoms with Gasteiger partial charge in [0.05, 0.1) is 11.4 Å². The molecular weight excluding hydrogens is 279 g/mol. The molecule has 20 heavy (non-hydrogen) atoms. The van der Waals surface area contributed by atoms with Crippen molar-refractivity contribution in [2.45, 2.75) is 37.0 Å². The molecule has 1 aromatic rings. The molecule has 2 rings (SSSR count). The van der Waals surface area contributed by atoms with Crippen molar-refractivity contribution in [3.63, 3.8) is 0 Å². The topological polar surface area (TPSA) is 59.1 Å². The number of hydrogen-bond acceptors (Lipinski definition) is 4. The third-order valence-corrected chi connectivity index (χ3v) is 5.78. The van der Waals surface area contributed by atoms with Gasteiger partial charge >= 0.3 is 0 Å². The maximum Gasteiger partial charge on any atom is 0.150 e. The molecule has 1 N–H and O–H groups in total. The largest absolute Gasteiger partial charge is 0.313 e. The van der Waals surface area contributed by atoms with Gasteiger partial charge in [0.15, 0.2) is 0 Å². The van der Waals surface area contributed by atoms with Crippen molar-refractivity contribution in [2.75, 3.05) is 13.3 Å². The molecule has 0 radical (unpaired) electrons. The summed E-state index contributed by atoms with van der Waals surface area (Å²) in [5.74, 6) is -0.171. The molecule has 1 aromatic heterocycles. The molecule has 6 heteroatoms. The fraction of sp³-hybridized carbons (Fsp3) is 0.643. The number of nitrogens with one attached hydrogen (secondary N) is 1. The molecule has 1 heterocycles. The van der Waals surface area contributed by atoms with Crippen molar-refractivity contribution >= 4 is 9.84 Å². The number of nitrogens with zero attached hydrogens (tertiary/aromatic N) is 1. The molecule has 0 aromatic carbocycles. The molecule has 1 aliphatic rings. The van der Waals surface area contributed by atoms with Crippen LogP contribution in [0.25, 0.3) is 0 Å². The summed E-state index contributed by atoms with van der Waals surface area (Å²) in [4.78, 5) is 3.88. The number of sulfone groups is 1. The van der Waals surface area contributed by atoms with Gasteiger partial charge in [0, 0.05) is 18.5 Å². The molecule has 1 fully saturated rings. The Bertz CT molecular complexity index is 562. The quantitative estimate of drug-likeness (QED) is 0.925. The Hall–Kier alpha value is -1.01. The number of pyridine rings is 1. The minimum Gasteiger partial charge on any atom is -0.313 e. The Morgan fingerprint density at radius 1 is 1.40 bits per heavy atom. The van der Waals surface area contributed by atoms with E-state index < -0.39 is 9.84 Å². The van der Waals surface area contributed by atoms with Gasteiger partial charge in [0.1, 0.15) is 15.7 Å². The Morgan fingerprint density at radius 3 is 2.75 bits per heavy atom. The van der Waals surface area contributed by atoms with Crippen LogP contribution in [0.3, 0.4) is 0 Å². The van der Waals surface area contributed by atoms with Gasteiger partial charge in [0.2, 0.25) is 0 Å². The molecule has 3 atom stereocenters. The van der Waals surface area contributed by atoms with Crippen LogP contribution in [-0.2, 0) is 9.84 Å². The SMILES string of the molecule is CNC(c1cncc(F)c1)C1CCCC(S(C)(=O)=O)C1. The molecule has 0 saturated heterocycles. The molecular formula is C14H21FN2O2S. The van der Waals surface area contributed by atoms with Crippen molar-refractivity contribution in [1.29, 1.82) is 0 Å². The zero-order valence-corrected chi connectivity index (χ0v) is 12.7. The van der Waals surface area contributed by atoms with Crippen molar-refractivity contribution < 1.29 is 12.8 Å². The normalized spacial score (nSPS) is 25.4. The highest BCUT2D eigenvalue weighted by molar-refractivity contribution is 7.91. The highest BCUT2D eigenvalue weighted by atomic mass is 32.2. The number of hydrogen-bond donors (Lipinski definition) is 1. The minimum absolute atomic E-state index is 0.0530. The Balaban J connectivity index is 2.19. The van der Waals surface area contributed by atoms with Crippen LogP contribution in [0.4, 0.5) is 4.39 Å². The first-order chi connectivity index (χ1) is 9.41. The van der Waals surface area contributed by atoms with Gasteiger partial charge in [-0.3, -0.25) is 4.98 Å². The highest BCUT2D eigenvalue weighted by Gasteiger charge is 2.33. The monoisotopic (exact) mass is 300 g/mol. The number of halogens is 1. The lowest BCUT2D eigenvalue weighted by Crippen LogP contribution is -2.34.